The van der Waals surface area contributed by atoms with Crippen molar-refractivity contribution in [1.82, 2.24) is 4.98 Å². The first-order chi connectivity index (χ1) is 21.9. The number of aliphatic hydroxyl groups is 1. The molecule has 4 aliphatic rings. The van der Waals surface area contributed by atoms with Crippen LogP contribution in [0.3, 0.4) is 0 Å². The molecule has 6 nitrogen and oxygen atoms in total. The molecule has 0 unspecified atom stereocenters. The van der Waals surface area contributed by atoms with Crippen molar-refractivity contribution in [3.8, 4) is 6.07 Å². The Morgan fingerprint density at radius 3 is 2.22 bits per heavy atom. The van der Waals surface area contributed by atoms with Crippen LogP contribution in [0.2, 0.25) is 0 Å². The summed E-state index contributed by atoms with van der Waals surface area (Å²) in [5.41, 5.74) is 2.62. The van der Waals surface area contributed by atoms with E-state index in [1.54, 1.807) is 6.07 Å². The number of thioether (sulfide) groups is 1. The van der Waals surface area contributed by atoms with Gasteiger partial charge in [0.25, 0.3) is 0 Å². The molecular formula is C36H49F3N2O4S. The molecule has 1 aromatic carbocycles. The van der Waals surface area contributed by atoms with Gasteiger partial charge in [-0.3, -0.25) is 4.98 Å². The van der Waals surface area contributed by atoms with Crippen LogP contribution in [0.15, 0.2) is 18.2 Å². The number of benzene rings is 1. The number of pyridine rings is 1. The van der Waals surface area contributed by atoms with Gasteiger partial charge in [-0.2, -0.15) is 30.2 Å². The predicted molar refractivity (Wildman–Crippen MR) is 175 cm³/mol. The minimum atomic E-state index is -4.63. The Kier molecular flexibility index (Phi) is 12.3. The summed E-state index contributed by atoms with van der Waals surface area (Å²) >= 11 is 1.86. The second-order valence-electron chi connectivity index (χ2n) is 13.4. The summed E-state index contributed by atoms with van der Waals surface area (Å²) in [6, 6.07) is 5.44. The highest BCUT2D eigenvalue weighted by Gasteiger charge is 2.53. The summed E-state index contributed by atoms with van der Waals surface area (Å²) in [7, 11) is 0. The summed E-state index contributed by atoms with van der Waals surface area (Å²) in [6.07, 6.45) is 1.30. The van der Waals surface area contributed by atoms with E-state index in [-0.39, 0.29) is 11.3 Å². The zero-order valence-electron chi connectivity index (χ0n) is 28.1. The van der Waals surface area contributed by atoms with Crippen molar-refractivity contribution in [2.24, 2.45) is 5.41 Å². The summed E-state index contributed by atoms with van der Waals surface area (Å²) in [4.78, 5) is 5.24. The summed E-state index contributed by atoms with van der Waals surface area (Å²) < 4.78 is 59.1. The fraction of sp³-hybridized carbons (Fsp3) is 0.667. The molecule has 2 fully saturated rings. The molecule has 0 bridgehead atoms. The average Bonchev–Trinajstić information content (AvgIpc) is 3.34. The number of aliphatic hydroxyl groups excluding tert-OH is 1. The Labute approximate surface area is 276 Å². The molecule has 2 saturated heterocycles. The number of aromatic nitrogens is 1. The van der Waals surface area contributed by atoms with Crippen molar-refractivity contribution in [2.45, 2.75) is 109 Å². The minimum Gasteiger partial charge on any atom is -0.388 e. The van der Waals surface area contributed by atoms with Crippen LogP contribution in [0.4, 0.5) is 13.2 Å². The van der Waals surface area contributed by atoms with Gasteiger partial charge in [-0.15, -0.1) is 0 Å². The van der Waals surface area contributed by atoms with Crippen LogP contribution in [0.1, 0.15) is 136 Å². The normalized spacial score (nSPS) is 23.2. The zero-order valence-corrected chi connectivity index (χ0v) is 28.9. The van der Waals surface area contributed by atoms with E-state index in [2.05, 4.69) is 40.9 Å². The highest BCUT2D eigenvalue weighted by atomic mass is 32.2. The van der Waals surface area contributed by atoms with Crippen molar-refractivity contribution in [2.75, 3.05) is 38.4 Å². The van der Waals surface area contributed by atoms with E-state index in [4.69, 9.17) is 19.2 Å². The number of nitriles is 1. The van der Waals surface area contributed by atoms with Crippen LogP contribution in [0, 0.1) is 16.7 Å². The van der Waals surface area contributed by atoms with Crippen molar-refractivity contribution in [3.63, 3.8) is 0 Å². The van der Waals surface area contributed by atoms with E-state index in [1.807, 2.05) is 11.8 Å². The molecule has 46 heavy (non-hydrogen) atoms. The first-order valence-corrected chi connectivity index (χ1v) is 17.9. The Morgan fingerprint density at radius 1 is 1.04 bits per heavy atom. The number of rotatable bonds is 3. The molecule has 1 aliphatic carbocycles. The molecule has 1 aromatic heterocycles. The Hall–Kier alpha value is -2.16. The lowest BCUT2D eigenvalue weighted by molar-refractivity contribution is -0.138. The number of hydrogen-bond acceptors (Lipinski definition) is 7. The lowest BCUT2D eigenvalue weighted by Gasteiger charge is -2.40. The van der Waals surface area contributed by atoms with E-state index >= 15 is 0 Å². The molecule has 6 rings (SSSR count). The van der Waals surface area contributed by atoms with Gasteiger partial charge in [0.05, 0.1) is 34.6 Å². The van der Waals surface area contributed by atoms with Crippen LogP contribution in [0.5, 0.6) is 0 Å². The molecule has 0 radical (unpaired) electrons. The van der Waals surface area contributed by atoms with Gasteiger partial charge < -0.3 is 19.3 Å². The molecule has 0 amide bonds. The fourth-order valence-corrected chi connectivity index (χ4v) is 7.08. The molecular weight excluding hydrogens is 613 g/mol. The van der Waals surface area contributed by atoms with E-state index in [9.17, 15) is 23.5 Å². The Morgan fingerprint density at radius 2 is 1.65 bits per heavy atom. The van der Waals surface area contributed by atoms with Gasteiger partial charge in [-0.1, -0.05) is 47.1 Å². The fourth-order valence-electron chi connectivity index (χ4n) is 7.08. The minimum absolute atomic E-state index is 0.103. The van der Waals surface area contributed by atoms with Gasteiger partial charge in [0.2, 0.25) is 0 Å². The number of hydrogen-bond donors (Lipinski definition) is 1. The molecule has 0 saturated carbocycles. The first-order valence-electron chi connectivity index (χ1n) is 16.5. The molecule has 4 heterocycles. The van der Waals surface area contributed by atoms with Crippen molar-refractivity contribution >= 4 is 11.8 Å². The van der Waals surface area contributed by atoms with Gasteiger partial charge in [0.1, 0.15) is 6.10 Å². The monoisotopic (exact) mass is 662 g/mol. The van der Waals surface area contributed by atoms with Crippen LogP contribution < -0.4 is 0 Å². The quantitative estimate of drug-likeness (QED) is 0.352. The van der Waals surface area contributed by atoms with Gasteiger partial charge in [-0.25, -0.2) is 0 Å². The summed E-state index contributed by atoms with van der Waals surface area (Å²) in [5.74, 6) is 1.34. The third kappa shape index (κ3) is 7.76. The van der Waals surface area contributed by atoms with Crippen LogP contribution in [-0.4, -0.2) is 48.5 Å². The SMILES string of the molecule is CC1(C)Cc2nc(C3CCOCC3)c3c(c2[C@@H](O)C1)C1(CCOCC1)O[C@@H]3c1ccc(C(F)(F)F)c(C#N)c1.CCC.CCSC. The molecule has 2 aromatic rings. The van der Waals surface area contributed by atoms with E-state index in [1.165, 1.54) is 24.3 Å². The standard InChI is InChI=1S/C30H33F3N2O4.C3H8S.C3H8/c1-28(2)14-21-23(22(36)15-28)25-24(26(35-21)17-5-9-37-10-6-17)27(39-29(25)7-11-38-12-8-29)18-3-4-20(30(31,32)33)19(13-18)16-34;1-3-4-2;1-3-2/h3-4,13,17,22,27,36H,5-12,14-15H2,1-2H3;3H2,1-2H3;3H2,1-2H3/t22-,27+;;/m0../s1. The number of alkyl halides is 3. The van der Waals surface area contributed by atoms with Gasteiger partial charge in [0.15, 0.2) is 0 Å². The summed E-state index contributed by atoms with van der Waals surface area (Å²) in [5, 5.41) is 21.1. The molecule has 3 aliphatic heterocycles. The molecule has 254 valence electrons. The number of fused-ring (bicyclic) bond motifs is 4. The molecule has 2 atom stereocenters. The van der Waals surface area contributed by atoms with Crippen LogP contribution in [0.25, 0.3) is 0 Å². The van der Waals surface area contributed by atoms with Crippen molar-refractivity contribution in [1.29, 1.82) is 5.26 Å². The van der Waals surface area contributed by atoms with E-state index in [0.29, 0.717) is 51.3 Å². The topological polar surface area (TPSA) is 84.6 Å². The third-order valence-corrected chi connectivity index (χ3v) is 9.71. The number of halogens is 3. The molecule has 1 spiro atoms. The highest BCUT2D eigenvalue weighted by Crippen LogP contribution is 2.58. The van der Waals surface area contributed by atoms with Crippen molar-refractivity contribution < 1.29 is 32.5 Å². The first kappa shape index (κ1) is 36.7. The van der Waals surface area contributed by atoms with Gasteiger partial charge in [-0.05, 0) is 66.4 Å². The average molecular weight is 663 g/mol. The lowest BCUT2D eigenvalue weighted by Crippen LogP contribution is -2.37. The van der Waals surface area contributed by atoms with E-state index < -0.39 is 35.1 Å². The van der Waals surface area contributed by atoms with Gasteiger partial charge >= 0.3 is 6.18 Å². The highest BCUT2D eigenvalue weighted by molar-refractivity contribution is 7.98. The van der Waals surface area contributed by atoms with E-state index in [0.717, 1.165) is 53.4 Å². The maximum absolute atomic E-state index is 13.6. The smallest absolute Gasteiger partial charge is 0.388 e. The largest absolute Gasteiger partial charge is 0.417 e. The second kappa shape index (κ2) is 15.4. The predicted octanol–water partition coefficient (Wildman–Crippen LogP) is 8.78. The molecule has 1 N–H and O–H groups in total. The Bertz CT molecular complexity index is 1380. The maximum Gasteiger partial charge on any atom is 0.417 e. The third-order valence-electron chi connectivity index (χ3n) is 9.14. The van der Waals surface area contributed by atoms with Gasteiger partial charge in [0, 0.05) is 62.0 Å². The second-order valence-corrected chi connectivity index (χ2v) is 14.6. The number of ether oxygens (including phenoxy) is 3. The van der Waals surface area contributed by atoms with Crippen molar-refractivity contribution in [3.05, 3.63) is 63.0 Å². The van der Waals surface area contributed by atoms with Crippen LogP contribution >= 0.6 is 11.8 Å². The maximum atomic E-state index is 13.6. The summed E-state index contributed by atoms with van der Waals surface area (Å²) in [6.45, 7) is 12.8. The number of nitrogens with zero attached hydrogens (tertiary/aromatic N) is 2. The Balaban J connectivity index is 0.000000628. The zero-order chi connectivity index (χ0) is 33.7. The lowest BCUT2D eigenvalue weighted by atomic mass is 9.69. The van der Waals surface area contributed by atoms with Crippen LogP contribution in [-0.2, 0) is 32.4 Å². The molecule has 10 heteroatoms.